The van der Waals surface area contributed by atoms with Crippen LogP contribution in [0.5, 0.6) is 5.75 Å². The lowest BCUT2D eigenvalue weighted by molar-refractivity contribution is -0.215. The minimum Gasteiger partial charge on any atom is -0.491 e. The highest BCUT2D eigenvalue weighted by atomic mass is 35.5. The van der Waals surface area contributed by atoms with E-state index in [1.807, 2.05) is 6.07 Å². The Bertz CT molecular complexity index is 974. The third kappa shape index (κ3) is 4.61. The summed E-state index contributed by atoms with van der Waals surface area (Å²) in [4.78, 5) is 1.08. The standard InChI is InChI=1S/C20H17ClF3N3O3/c1-12-17(7-4-14(8-25)18(12)21)27-10-16(30-19(27)20(22,23)24)11-29-15-5-2-13(3-6-15)9-26-28/h2-7,9,16,19,28H,10-11H2,1H3/b26-9+/t16-,19+/m0/s1. The number of anilines is 1. The molecular formula is C20H17ClF3N3O3. The lowest BCUT2D eigenvalue weighted by Gasteiger charge is -2.28. The van der Waals surface area contributed by atoms with Crippen molar-refractivity contribution in [3.05, 3.63) is 58.1 Å². The smallest absolute Gasteiger partial charge is 0.433 e. The van der Waals surface area contributed by atoms with Gasteiger partial charge in [-0.25, -0.2) is 0 Å². The Morgan fingerprint density at radius 3 is 2.63 bits per heavy atom. The minimum atomic E-state index is -4.63. The first-order chi connectivity index (χ1) is 14.2. The Labute approximate surface area is 175 Å². The van der Waals surface area contributed by atoms with Crippen LogP contribution in [-0.2, 0) is 4.74 Å². The van der Waals surface area contributed by atoms with Crippen LogP contribution in [0.2, 0.25) is 5.02 Å². The lowest BCUT2D eigenvalue weighted by atomic mass is 10.1. The topological polar surface area (TPSA) is 78.1 Å². The monoisotopic (exact) mass is 439 g/mol. The fraction of sp³-hybridized carbons (Fsp3) is 0.300. The molecule has 0 radical (unpaired) electrons. The van der Waals surface area contributed by atoms with Crippen LogP contribution in [0.25, 0.3) is 0 Å². The van der Waals surface area contributed by atoms with Crippen LogP contribution in [0.3, 0.4) is 0 Å². The number of ether oxygens (including phenoxy) is 2. The van der Waals surface area contributed by atoms with Crippen molar-refractivity contribution in [3.63, 3.8) is 0 Å². The highest BCUT2D eigenvalue weighted by Gasteiger charge is 2.51. The van der Waals surface area contributed by atoms with E-state index in [1.54, 1.807) is 31.2 Å². The molecule has 2 aromatic carbocycles. The summed E-state index contributed by atoms with van der Waals surface area (Å²) in [5, 5.41) is 20.6. The first-order valence-corrected chi connectivity index (χ1v) is 9.20. The number of alkyl halides is 3. The molecule has 30 heavy (non-hydrogen) atoms. The molecule has 0 saturated carbocycles. The second-order valence-electron chi connectivity index (χ2n) is 6.61. The Morgan fingerprint density at radius 1 is 1.33 bits per heavy atom. The molecule has 0 amide bonds. The van der Waals surface area contributed by atoms with Gasteiger partial charge in [0.15, 0.2) is 0 Å². The maximum Gasteiger partial charge on any atom is 0.433 e. The van der Waals surface area contributed by atoms with E-state index in [-0.39, 0.29) is 29.4 Å². The third-order valence-corrected chi connectivity index (χ3v) is 5.08. The number of oxime groups is 1. The molecule has 0 aromatic heterocycles. The van der Waals surface area contributed by atoms with E-state index in [4.69, 9.17) is 31.5 Å². The van der Waals surface area contributed by atoms with Crippen molar-refractivity contribution in [3.8, 4) is 11.8 Å². The number of hydrogen-bond donors (Lipinski definition) is 1. The van der Waals surface area contributed by atoms with Gasteiger partial charge in [-0.15, -0.1) is 0 Å². The van der Waals surface area contributed by atoms with Crippen molar-refractivity contribution in [1.82, 2.24) is 0 Å². The van der Waals surface area contributed by atoms with Crippen molar-refractivity contribution in [2.24, 2.45) is 5.16 Å². The van der Waals surface area contributed by atoms with E-state index < -0.39 is 18.5 Å². The Morgan fingerprint density at radius 2 is 2.03 bits per heavy atom. The number of halogens is 4. The van der Waals surface area contributed by atoms with Gasteiger partial charge in [-0.1, -0.05) is 16.8 Å². The quantitative estimate of drug-likeness (QED) is 0.421. The van der Waals surface area contributed by atoms with Crippen LogP contribution in [0, 0.1) is 18.3 Å². The molecule has 1 fully saturated rings. The van der Waals surface area contributed by atoms with Gasteiger partial charge in [-0.3, -0.25) is 0 Å². The molecule has 0 spiro atoms. The Hall–Kier alpha value is -2.96. The average Bonchev–Trinajstić information content (AvgIpc) is 3.14. The molecule has 2 atom stereocenters. The Balaban J connectivity index is 1.77. The van der Waals surface area contributed by atoms with Gasteiger partial charge in [0, 0.05) is 5.69 Å². The summed E-state index contributed by atoms with van der Waals surface area (Å²) in [5.74, 6) is 0.438. The highest BCUT2D eigenvalue weighted by Crippen LogP contribution is 2.38. The summed E-state index contributed by atoms with van der Waals surface area (Å²) in [6.45, 7) is 1.40. The number of hydrogen-bond acceptors (Lipinski definition) is 6. The van der Waals surface area contributed by atoms with Crippen molar-refractivity contribution in [2.75, 3.05) is 18.1 Å². The normalized spacial score (nSPS) is 19.3. The molecule has 158 valence electrons. The molecule has 1 aliphatic heterocycles. The van der Waals surface area contributed by atoms with Gasteiger partial charge in [0.25, 0.3) is 0 Å². The summed E-state index contributed by atoms with van der Waals surface area (Å²) in [6, 6.07) is 11.2. The molecule has 10 heteroatoms. The van der Waals surface area contributed by atoms with Gasteiger partial charge in [-0.2, -0.15) is 18.4 Å². The predicted molar refractivity (Wildman–Crippen MR) is 104 cm³/mol. The zero-order chi connectivity index (χ0) is 21.9. The van der Waals surface area contributed by atoms with Crippen LogP contribution in [-0.4, -0.2) is 43.1 Å². The molecule has 1 saturated heterocycles. The highest BCUT2D eigenvalue weighted by molar-refractivity contribution is 6.32. The minimum absolute atomic E-state index is 0.0670. The predicted octanol–water partition coefficient (Wildman–Crippen LogP) is 4.50. The van der Waals surface area contributed by atoms with Crippen molar-refractivity contribution < 1.29 is 27.9 Å². The molecule has 0 unspecified atom stereocenters. The molecule has 0 aliphatic carbocycles. The fourth-order valence-corrected chi connectivity index (χ4v) is 3.36. The molecule has 1 N–H and O–H groups in total. The van der Waals surface area contributed by atoms with Crippen LogP contribution in [0.1, 0.15) is 16.7 Å². The van der Waals surface area contributed by atoms with E-state index in [1.165, 1.54) is 18.3 Å². The summed E-state index contributed by atoms with van der Waals surface area (Å²) in [7, 11) is 0. The first kappa shape index (κ1) is 21.7. The van der Waals surface area contributed by atoms with E-state index in [0.717, 1.165) is 4.90 Å². The molecule has 6 nitrogen and oxygen atoms in total. The first-order valence-electron chi connectivity index (χ1n) is 8.83. The largest absolute Gasteiger partial charge is 0.491 e. The van der Waals surface area contributed by atoms with E-state index >= 15 is 0 Å². The lowest BCUT2D eigenvalue weighted by Crippen LogP contribution is -2.42. The Kier molecular flexibility index (Phi) is 6.39. The van der Waals surface area contributed by atoms with Crippen LogP contribution in [0.4, 0.5) is 18.9 Å². The summed E-state index contributed by atoms with van der Waals surface area (Å²) in [6.07, 6.45) is -6.39. The van der Waals surface area contributed by atoms with Crippen LogP contribution < -0.4 is 9.64 Å². The molecular weight excluding hydrogens is 423 g/mol. The van der Waals surface area contributed by atoms with Gasteiger partial charge < -0.3 is 19.6 Å². The summed E-state index contributed by atoms with van der Waals surface area (Å²) in [5.41, 5.74) is 1.45. The number of benzene rings is 2. The molecule has 1 heterocycles. The maximum atomic E-state index is 13.6. The number of nitriles is 1. The SMILES string of the molecule is Cc1c(N2C[C@@H](COc3ccc(/C=N/O)cc3)O[C@@H]2C(F)(F)F)ccc(C#N)c1Cl. The zero-order valence-corrected chi connectivity index (χ0v) is 16.5. The van der Waals surface area contributed by atoms with Gasteiger partial charge in [0.2, 0.25) is 6.23 Å². The van der Waals surface area contributed by atoms with Gasteiger partial charge in [-0.05, 0) is 54.4 Å². The van der Waals surface area contributed by atoms with Crippen LogP contribution in [0.15, 0.2) is 41.6 Å². The van der Waals surface area contributed by atoms with E-state index in [0.29, 0.717) is 16.9 Å². The maximum absolute atomic E-state index is 13.6. The van der Waals surface area contributed by atoms with Gasteiger partial charge in [0.05, 0.1) is 23.3 Å². The van der Waals surface area contributed by atoms with E-state index in [9.17, 15) is 13.2 Å². The second-order valence-corrected chi connectivity index (χ2v) is 6.99. The van der Waals surface area contributed by atoms with Crippen LogP contribution >= 0.6 is 11.6 Å². The third-order valence-electron chi connectivity index (χ3n) is 4.60. The summed E-state index contributed by atoms with van der Waals surface area (Å²) >= 11 is 6.13. The molecule has 2 aromatic rings. The summed E-state index contributed by atoms with van der Waals surface area (Å²) < 4.78 is 51.6. The zero-order valence-electron chi connectivity index (χ0n) is 15.7. The van der Waals surface area contributed by atoms with Crippen molar-refractivity contribution >= 4 is 23.5 Å². The van der Waals surface area contributed by atoms with E-state index in [2.05, 4.69) is 5.16 Å². The fourth-order valence-electron chi connectivity index (χ4n) is 3.16. The van der Waals surface area contributed by atoms with Gasteiger partial charge in [0.1, 0.15) is 24.5 Å². The van der Waals surface area contributed by atoms with Gasteiger partial charge >= 0.3 is 6.18 Å². The molecule has 1 aliphatic rings. The molecule has 3 rings (SSSR count). The number of nitrogens with zero attached hydrogens (tertiary/aromatic N) is 3. The molecule has 0 bridgehead atoms. The second kappa shape index (κ2) is 8.81. The average molecular weight is 440 g/mol. The van der Waals surface area contributed by atoms with Crippen molar-refractivity contribution in [2.45, 2.75) is 25.4 Å². The number of rotatable bonds is 5. The van der Waals surface area contributed by atoms with Crippen molar-refractivity contribution in [1.29, 1.82) is 5.26 Å².